The second-order valence-electron chi connectivity index (χ2n) is 3.89. The Kier molecular flexibility index (Phi) is 4.59. The number of rotatable bonds is 6. The minimum atomic E-state index is -1.11. The van der Waals surface area contributed by atoms with Gasteiger partial charge in [-0.3, -0.25) is 24.1 Å². The van der Waals surface area contributed by atoms with Crippen LogP contribution in [-0.4, -0.2) is 46.3 Å². The number of carbonyl (C=O) groups excluding carboxylic acids is 3. The first-order valence-corrected chi connectivity index (χ1v) is 5.47. The molecule has 0 aromatic carbocycles. The quantitative estimate of drug-likeness (QED) is 0.609. The number of amides is 3. The van der Waals surface area contributed by atoms with Crippen LogP contribution < -0.4 is 5.32 Å². The number of hydrogen-bond donors (Lipinski definition) is 2. The van der Waals surface area contributed by atoms with Gasteiger partial charge < -0.3 is 10.4 Å². The summed E-state index contributed by atoms with van der Waals surface area (Å²) in [6, 6.07) is -0.950. The predicted octanol–water partition coefficient (Wildman–Crippen LogP) is -0.719. The molecule has 1 heterocycles. The topological polar surface area (TPSA) is 104 Å². The maximum atomic E-state index is 11.3. The molecule has 7 heteroatoms. The average Bonchev–Trinajstić information content (AvgIpc) is 2.60. The van der Waals surface area contributed by atoms with E-state index in [0.29, 0.717) is 6.42 Å². The molecule has 1 atom stereocenters. The van der Waals surface area contributed by atoms with Crippen LogP contribution in [0.3, 0.4) is 0 Å². The number of hydrogen-bond acceptors (Lipinski definition) is 4. The molecule has 0 aliphatic carbocycles. The van der Waals surface area contributed by atoms with Gasteiger partial charge in [-0.2, -0.15) is 0 Å². The number of imide groups is 1. The fourth-order valence-electron chi connectivity index (χ4n) is 1.42. The fourth-order valence-corrected chi connectivity index (χ4v) is 1.42. The van der Waals surface area contributed by atoms with Crippen molar-refractivity contribution in [1.82, 2.24) is 10.2 Å². The van der Waals surface area contributed by atoms with Crippen molar-refractivity contribution in [3.63, 3.8) is 0 Å². The van der Waals surface area contributed by atoms with Crippen LogP contribution in [0.25, 0.3) is 0 Å². The Balaban J connectivity index is 2.26. The first-order valence-electron chi connectivity index (χ1n) is 5.47. The van der Waals surface area contributed by atoms with Gasteiger partial charge in [-0.1, -0.05) is 0 Å². The highest BCUT2D eigenvalue weighted by Crippen LogP contribution is 2.05. The lowest BCUT2D eigenvalue weighted by molar-refractivity contribution is -0.141. The van der Waals surface area contributed by atoms with Gasteiger partial charge in [-0.15, -0.1) is 0 Å². The van der Waals surface area contributed by atoms with Crippen molar-refractivity contribution in [2.24, 2.45) is 0 Å². The maximum absolute atomic E-state index is 11.3. The first-order chi connectivity index (χ1) is 8.41. The van der Waals surface area contributed by atoms with E-state index in [2.05, 4.69) is 5.32 Å². The zero-order chi connectivity index (χ0) is 13.7. The van der Waals surface area contributed by atoms with E-state index < -0.39 is 17.9 Å². The van der Waals surface area contributed by atoms with Gasteiger partial charge in [0, 0.05) is 25.1 Å². The molecule has 18 heavy (non-hydrogen) atoms. The SMILES string of the molecule is CC(NC(=O)CCCN1C(=O)C=CC1=O)C(=O)O. The van der Waals surface area contributed by atoms with Crippen LogP contribution in [0.4, 0.5) is 0 Å². The summed E-state index contributed by atoms with van der Waals surface area (Å²) in [5.74, 6) is -2.31. The highest BCUT2D eigenvalue weighted by molar-refractivity contribution is 6.12. The first kappa shape index (κ1) is 13.9. The Morgan fingerprint density at radius 3 is 2.39 bits per heavy atom. The summed E-state index contributed by atoms with van der Waals surface area (Å²) in [5.41, 5.74) is 0. The van der Waals surface area contributed by atoms with Gasteiger partial charge in [0.15, 0.2) is 0 Å². The van der Waals surface area contributed by atoms with Crippen molar-refractivity contribution in [3.8, 4) is 0 Å². The number of carboxylic acids is 1. The average molecular weight is 254 g/mol. The Morgan fingerprint density at radius 2 is 1.89 bits per heavy atom. The fraction of sp³-hybridized carbons (Fsp3) is 0.455. The normalized spacial score (nSPS) is 15.9. The molecule has 0 aromatic rings. The molecule has 1 aliphatic rings. The van der Waals surface area contributed by atoms with Gasteiger partial charge in [0.2, 0.25) is 5.91 Å². The smallest absolute Gasteiger partial charge is 0.325 e. The zero-order valence-electron chi connectivity index (χ0n) is 9.88. The molecule has 3 amide bonds. The Bertz CT molecular complexity index is 398. The minimum Gasteiger partial charge on any atom is -0.480 e. The van der Waals surface area contributed by atoms with Crippen LogP contribution in [0.15, 0.2) is 12.2 Å². The van der Waals surface area contributed by atoms with Crippen LogP contribution in [-0.2, 0) is 19.2 Å². The molecule has 0 bridgehead atoms. The van der Waals surface area contributed by atoms with E-state index in [4.69, 9.17) is 5.11 Å². The van der Waals surface area contributed by atoms with Gasteiger partial charge in [0.1, 0.15) is 6.04 Å². The molecule has 0 radical (unpaired) electrons. The molecule has 98 valence electrons. The summed E-state index contributed by atoms with van der Waals surface area (Å²) in [5, 5.41) is 10.9. The number of nitrogens with one attached hydrogen (secondary N) is 1. The molecule has 1 aliphatic heterocycles. The predicted molar refractivity (Wildman–Crippen MR) is 60.3 cm³/mol. The van der Waals surface area contributed by atoms with E-state index in [0.717, 1.165) is 4.90 Å². The lowest BCUT2D eigenvalue weighted by atomic mass is 10.2. The lowest BCUT2D eigenvalue weighted by Gasteiger charge is -2.13. The molecule has 1 unspecified atom stereocenters. The van der Waals surface area contributed by atoms with Crippen molar-refractivity contribution in [2.75, 3.05) is 6.54 Å². The Labute approximate surface area is 103 Å². The summed E-state index contributed by atoms with van der Waals surface area (Å²) >= 11 is 0. The summed E-state index contributed by atoms with van der Waals surface area (Å²) in [7, 11) is 0. The van der Waals surface area contributed by atoms with Gasteiger partial charge in [0.05, 0.1) is 0 Å². The third-order valence-corrected chi connectivity index (χ3v) is 2.43. The van der Waals surface area contributed by atoms with Crippen LogP contribution in [0.2, 0.25) is 0 Å². The molecule has 1 rings (SSSR count). The number of nitrogens with zero attached hydrogens (tertiary/aromatic N) is 1. The van der Waals surface area contributed by atoms with Crippen LogP contribution >= 0.6 is 0 Å². The summed E-state index contributed by atoms with van der Waals surface area (Å²) in [6.45, 7) is 1.51. The summed E-state index contributed by atoms with van der Waals surface area (Å²) in [6.07, 6.45) is 2.72. The van der Waals surface area contributed by atoms with E-state index in [9.17, 15) is 19.2 Å². The molecule has 0 spiro atoms. The molecule has 0 saturated carbocycles. The highest BCUT2D eigenvalue weighted by Gasteiger charge is 2.23. The zero-order valence-corrected chi connectivity index (χ0v) is 9.88. The minimum absolute atomic E-state index is 0.0642. The van der Waals surface area contributed by atoms with E-state index >= 15 is 0 Å². The van der Waals surface area contributed by atoms with Crippen molar-refractivity contribution in [3.05, 3.63) is 12.2 Å². The van der Waals surface area contributed by atoms with Crippen LogP contribution in [0.5, 0.6) is 0 Å². The van der Waals surface area contributed by atoms with Crippen molar-refractivity contribution < 1.29 is 24.3 Å². The molecular weight excluding hydrogens is 240 g/mol. The van der Waals surface area contributed by atoms with Crippen molar-refractivity contribution >= 4 is 23.7 Å². The van der Waals surface area contributed by atoms with Gasteiger partial charge in [-0.05, 0) is 13.3 Å². The molecular formula is C11H14N2O5. The van der Waals surface area contributed by atoms with E-state index in [-0.39, 0.29) is 24.8 Å². The molecule has 0 aromatic heterocycles. The Morgan fingerprint density at radius 1 is 1.33 bits per heavy atom. The molecule has 0 fully saturated rings. The lowest BCUT2D eigenvalue weighted by Crippen LogP contribution is -2.38. The monoisotopic (exact) mass is 254 g/mol. The van der Waals surface area contributed by atoms with E-state index in [1.807, 2.05) is 0 Å². The third kappa shape index (κ3) is 3.69. The number of carboxylic acid groups (broad SMARTS) is 1. The maximum Gasteiger partial charge on any atom is 0.325 e. The van der Waals surface area contributed by atoms with Crippen molar-refractivity contribution in [1.29, 1.82) is 0 Å². The van der Waals surface area contributed by atoms with Gasteiger partial charge >= 0.3 is 5.97 Å². The highest BCUT2D eigenvalue weighted by atomic mass is 16.4. The summed E-state index contributed by atoms with van der Waals surface area (Å²) < 4.78 is 0. The number of carbonyl (C=O) groups is 4. The van der Waals surface area contributed by atoms with Crippen molar-refractivity contribution in [2.45, 2.75) is 25.8 Å². The molecule has 2 N–H and O–H groups in total. The van der Waals surface area contributed by atoms with E-state index in [1.54, 1.807) is 0 Å². The molecule has 0 saturated heterocycles. The third-order valence-electron chi connectivity index (χ3n) is 2.43. The van der Waals surface area contributed by atoms with Gasteiger partial charge in [0.25, 0.3) is 11.8 Å². The van der Waals surface area contributed by atoms with Gasteiger partial charge in [-0.25, -0.2) is 0 Å². The largest absolute Gasteiger partial charge is 0.480 e. The number of aliphatic carboxylic acids is 1. The van der Waals surface area contributed by atoms with E-state index in [1.165, 1.54) is 19.1 Å². The second kappa shape index (κ2) is 5.95. The second-order valence-corrected chi connectivity index (χ2v) is 3.89. The Hall–Kier alpha value is -2.18. The summed E-state index contributed by atoms with van der Waals surface area (Å²) in [4.78, 5) is 45.2. The van der Waals surface area contributed by atoms with Crippen LogP contribution in [0, 0.1) is 0 Å². The van der Waals surface area contributed by atoms with Crippen LogP contribution in [0.1, 0.15) is 19.8 Å². The molecule has 7 nitrogen and oxygen atoms in total. The standard InChI is InChI=1S/C11H14N2O5/c1-7(11(17)18)12-8(14)3-2-6-13-9(15)4-5-10(13)16/h4-5,7H,2-3,6H2,1H3,(H,12,14)(H,17,18).